The Morgan fingerprint density at radius 2 is 0.849 bits per heavy atom. The molecule has 6 aromatic rings. The molecule has 0 aliphatic rings. The van der Waals surface area contributed by atoms with E-state index in [1.807, 2.05) is 0 Å². The van der Waals surface area contributed by atoms with Crippen molar-refractivity contribution in [1.29, 1.82) is 0 Å². The third kappa shape index (κ3) is 15.0. The van der Waals surface area contributed by atoms with E-state index >= 15 is 0 Å². The number of hydrogen-bond acceptors (Lipinski definition) is 12. The molecular formula is C40H27F17N6O8S2. The van der Waals surface area contributed by atoms with Crippen LogP contribution in [0.15, 0.2) is 107 Å². The van der Waals surface area contributed by atoms with E-state index in [9.17, 15) is 91.5 Å². The number of ether oxygens (including phenoxy) is 3. The molecule has 0 amide bonds. The van der Waals surface area contributed by atoms with Gasteiger partial charge in [-0.05, 0) is 60.7 Å². The van der Waals surface area contributed by atoms with E-state index in [2.05, 4.69) is 20.4 Å². The maximum absolute atomic E-state index is 14.8. The van der Waals surface area contributed by atoms with Crippen LogP contribution in [0.4, 0.5) is 86.3 Å². The van der Waals surface area contributed by atoms with E-state index in [0.29, 0.717) is 8.61 Å². The Labute approximate surface area is 398 Å². The van der Waals surface area contributed by atoms with Crippen LogP contribution < -0.4 is 13.3 Å². The van der Waals surface area contributed by atoms with E-state index in [-0.39, 0.29) is 72.3 Å². The zero-order valence-electron chi connectivity index (χ0n) is 35.9. The predicted octanol–water partition coefficient (Wildman–Crippen LogP) is 10.5. The quantitative estimate of drug-likeness (QED) is 0.0699. The standard InChI is InChI=1S/C20H13F8N3O4S.C12H10F3N3O3S.C8H4F6O/c1-34-10-31(18-3-2-4-29-30-18)36(32,33)17-9-14(21)16(8-15(17)22)35-13-6-11(19(23,24)25)5-12(7-13)20(26,27)28;1-21-7-18(12-3-2-4-16-17-12)22(19,20)11-6-9(14)8(13)5-10(11)15;9-7(10,11)4-1-5(8(12,13)14)3-6(15)2-4/h2-9H,10H2,1H3;2-6H,7H2,1H3;1-3,15H. The summed E-state index contributed by atoms with van der Waals surface area (Å²) < 4.78 is 286. The van der Waals surface area contributed by atoms with E-state index in [1.54, 1.807) is 0 Å². The highest BCUT2D eigenvalue weighted by Crippen LogP contribution is 2.41. The minimum Gasteiger partial charge on any atom is -0.508 e. The molecular weight excluding hydrogens is 1080 g/mol. The number of phenolic OH excluding ortho intramolecular Hbond substituents is 1. The first-order valence-corrected chi connectivity index (χ1v) is 21.7. The van der Waals surface area contributed by atoms with Crippen molar-refractivity contribution in [2.24, 2.45) is 0 Å². The minimum absolute atomic E-state index is 0.0558. The summed E-state index contributed by atoms with van der Waals surface area (Å²) in [4.78, 5) is -2.27. The molecule has 6 rings (SSSR count). The molecule has 0 atom stereocenters. The fraction of sp³-hybridized carbons (Fsp3) is 0.200. The topological polar surface area (TPSA) is 174 Å². The Balaban J connectivity index is 0.000000264. The number of hydrogen-bond donors (Lipinski definition) is 1. The Kier molecular flexibility index (Phi) is 18.2. The number of benzene rings is 4. The molecule has 0 saturated carbocycles. The Morgan fingerprint density at radius 3 is 1.21 bits per heavy atom. The highest BCUT2D eigenvalue weighted by Gasteiger charge is 2.39. The van der Waals surface area contributed by atoms with Crippen LogP contribution in [0.25, 0.3) is 0 Å². The third-order valence-corrected chi connectivity index (χ3v) is 12.1. The lowest BCUT2D eigenvalue weighted by molar-refractivity contribution is -0.144. The van der Waals surface area contributed by atoms with Gasteiger partial charge in [-0.3, -0.25) is 0 Å². The van der Waals surface area contributed by atoms with Crippen LogP contribution in [0.1, 0.15) is 22.3 Å². The Hall–Kier alpha value is -7.13. The maximum atomic E-state index is 14.8. The molecule has 4 aromatic carbocycles. The summed E-state index contributed by atoms with van der Waals surface area (Å²) >= 11 is 0. The minimum atomic E-state index is -5.22. The fourth-order valence-electron chi connectivity index (χ4n) is 5.38. The number of aromatic hydroxyl groups is 1. The Morgan fingerprint density at radius 1 is 0.493 bits per heavy atom. The second kappa shape index (κ2) is 22.7. The van der Waals surface area contributed by atoms with Crippen molar-refractivity contribution in [1.82, 2.24) is 20.4 Å². The third-order valence-electron chi connectivity index (χ3n) is 8.58. The predicted molar refractivity (Wildman–Crippen MR) is 214 cm³/mol. The molecule has 0 unspecified atom stereocenters. The molecule has 1 N–H and O–H groups in total. The number of methoxy groups -OCH3 is 2. The van der Waals surface area contributed by atoms with E-state index in [0.717, 1.165) is 7.11 Å². The van der Waals surface area contributed by atoms with Crippen molar-refractivity contribution in [2.45, 2.75) is 34.5 Å². The van der Waals surface area contributed by atoms with Crippen molar-refractivity contribution < 1.29 is 111 Å². The van der Waals surface area contributed by atoms with Gasteiger partial charge in [0.25, 0.3) is 20.0 Å². The monoisotopic (exact) mass is 1110 g/mol. The van der Waals surface area contributed by atoms with Gasteiger partial charge in [0.05, 0.1) is 22.3 Å². The number of phenols is 1. The molecule has 0 spiro atoms. The summed E-state index contributed by atoms with van der Waals surface area (Å²) in [6, 6.07) is 6.43. The number of halogens is 17. The van der Waals surface area contributed by atoms with Gasteiger partial charge in [0.2, 0.25) is 0 Å². The number of rotatable bonds is 12. The number of anilines is 2. The highest BCUT2D eigenvalue weighted by atomic mass is 32.2. The average Bonchev–Trinajstić information content (AvgIpc) is 3.29. The van der Waals surface area contributed by atoms with Gasteiger partial charge in [-0.25, -0.2) is 47.4 Å². The van der Waals surface area contributed by atoms with Crippen LogP contribution in [0.2, 0.25) is 0 Å². The lowest BCUT2D eigenvalue weighted by Gasteiger charge is -2.22. The molecule has 0 fully saturated rings. The number of aromatic nitrogens is 4. The van der Waals surface area contributed by atoms with Crippen LogP contribution in [0.5, 0.6) is 17.2 Å². The van der Waals surface area contributed by atoms with Crippen LogP contribution in [-0.4, -0.2) is 70.0 Å². The molecule has 396 valence electrons. The summed E-state index contributed by atoms with van der Waals surface area (Å²) in [6.07, 6.45) is -17.7. The van der Waals surface area contributed by atoms with Crippen LogP contribution in [0, 0.1) is 29.1 Å². The molecule has 33 heteroatoms. The van der Waals surface area contributed by atoms with Gasteiger partial charge in [-0.15, -0.1) is 10.2 Å². The zero-order chi connectivity index (χ0) is 55.1. The second-order valence-corrected chi connectivity index (χ2v) is 17.4. The zero-order valence-corrected chi connectivity index (χ0v) is 37.5. The lowest BCUT2D eigenvalue weighted by Crippen LogP contribution is -2.34. The summed E-state index contributed by atoms with van der Waals surface area (Å²) in [5, 5.41) is 22.9. The van der Waals surface area contributed by atoms with Crippen molar-refractivity contribution in [2.75, 3.05) is 36.3 Å². The smallest absolute Gasteiger partial charge is 0.416 e. The molecule has 0 bridgehead atoms. The van der Waals surface area contributed by atoms with Gasteiger partial charge in [-0.1, -0.05) is 0 Å². The first-order valence-electron chi connectivity index (χ1n) is 18.8. The van der Waals surface area contributed by atoms with Crippen molar-refractivity contribution >= 4 is 31.7 Å². The molecule has 2 aromatic heterocycles. The van der Waals surface area contributed by atoms with Gasteiger partial charge < -0.3 is 19.3 Å². The SMILES string of the molecule is COCN(c1cccnn1)S(=O)(=O)c1cc(F)c(F)cc1F.COCN(c1cccnn1)S(=O)(=O)c1cc(F)c(Oc2cc(C(F)(F)F)cc(C(F)(F)F)c2)cc1F.Oc1cc(C(F)(F)F)cc(C(F)(F)F)c1. The molecule has 2 heterocycles. The number of alkyl halides is 12. The van der Waals surface area contributed by atoms with Gasteiger partial charge in [-0.2, -0.15) is 62.9 Å². The molecule has 73 heavy (non-hydrogen) atoms. The Bertz CT molecular complexity index is 3040. The lowest BCUT2D eigenvalue weighted by atomic mass is 10.1. The van der Waals surface area contributed by atoms with Crippen LogP contribution >= 0.6 is 0 Å². The van der Waals surface area contributed by atoms with Crippen LogP contribution in [-0.2, 0) is 54.2 Å². The van der Waals surface area contributed by atoms with E-state index < -0.39 is 137 Å². The molecule has 0 aliphatic heterocycles. The first kappa shape index (κ1) is 58.4. The molecule has 0 saturated heterocycles. The van der Waals surface area contributed by atoms with E-state index in [1.165, 1.54) is 43.8 Å². The maximum Gasteiger partial charge on any atom is 0.416 e. The molecule has 14 nitrogen and oxygen atoms in total. The first-order chi connectivity index (χ1) is 33.6. The van der Waals surface area contributed by atoms with Crippen molar-refractivity contribution in [3.63, 3.8) is 0 Å². The summed E-state index contributed by atoms with van der Waals surface area (Å²) in [7, 11) is -7.12. The number of nitrogens with zero attached hydrogens (tertiary/aromatic N) is 6. The second-order valence-electron chi connectivity index (χ2n) is 13.7. The van der Waals surface area contributed by atoms with Gasteiger partial charge in [0, 0.05) is 50.9 Å². The highest BCUT2D eigenvalue weighted by molar-refractivity contribution is 7.93. The van der Waals surface area contributed by atoms with E-state index in [4.69, 9.17) is 19.3 Å². The van der Waals surface area contributed by atoms with Crippen molar-refractivity contribution in [3.05, 3.63) is 149 Å². The summed E-state index contributed by atoms with van der Waals surface area (Å²) in [5.41, 5.74) is -6.58. The van der Waals surface area contributed by atoms with Gasteiger partial charge in [0.15, 0.2) is 34.8 Å². The van der Waals surface area contributed by atoms with Crippen molar-refractivity contribution in [3.8, 4) is 17.2 Å². The normalized spacial score (nSPS) is 12.3. The summed E-state index contributed by atoms with van der Waals surface area (Å²) in [6.45, 7) is -1.20. The van der Waals surface area contributed by atoms with Gasteiger partial charge in [0.1, 0.15) is 46.4 Å². The molecule has 0 radical (unpaired) electrons. The average molecular weight is 1110 g/mol. The largest absolute Gasteiger partial charge is 0.508 e. The molecule has 0 aliphatic carbocycles. The summed E-state index contributed by atoms with van der Waals surface area (Å²) in [5.74, 6) is -11.5. The fourth-order valence-corrected chi connectivity index (χ4v) is 8.15. The number of sulfonamides is 2. The van der Waals surface area contributed by atoms with Crippen LogP contribution in [0.3, 0.4) is 0 Å². The van der Waals surface area contributed by atoms with Gasteiger partial charge >= 0.3 is 24.7 Å².